The molecule has 0 bridgehead atoms. The summed E-state index contributed by atoms with van der Waals surface area (Å²) in [6, 6.07) is 19.7. The minimum atomic E-state index is 0.480. The predicted octanol–water partition coefficient (Wildman–Crippen LogP) is 6.61. The number of methoxy groups -OCH3 is 1. The Kier molecular flexibility index (Phi) is 6.64. The van der Waals surface area contributed by atoms with Crippen molar-refractivity contribution in [2.75, 3.05) is 12.4 Å². The Morgan fingerprint density at radius 2 is 1.74 bits per heavy atom. The zero-order valence-corrected chi connectivity index (χ0v) is 17.6. The van der Waals surface area contributed by atoms with Gasteiger partial charge in [0.25, 0.3) is 0 Å². The molecule has 27 heavy (non-hydrogen) atoms. The molecule has 3 rings (SSSR count). The van der Waals surface area contributed by atoms with Gasteiger partial charge in [0.05, 0.1) is 7.11 Å². The minimum absolute atomic E-state index is 0.480. The van der Waals surface area contributed by atoms with Gasteiger partial charge in [-0.1, -0.05) is 51.8 Å². The van der Waals surface area contributed by atoms with Gasteiger partial charge >= 0.3 is 0 Å². The molecule has 3 aromatic carbocycles. The molecular weight excluding hydrogens is 426 g/mol. The normalized spacial score (nSPS) is 10.5. The highest BCUT2D eigenvalue weighted by molar-refractivity contribution is 9.10. The molecule has 0 aliphatic carbocycles. The Morgan fingerprint density at radius 3 is 2.44 bits per heavy atom. The van der Waals surface area contributed by atoms with Crippen LogP contribution < -0.4 is 14.8 Å². The number of rotatable bonds is 7. The van der Waals surface area contributed by atoms with Crippen LogP contribution in [0.1, 0.15) is 16.7 Å². The van der Waals surface area contributed by atoms with Gasteiger partial charge in [-0.15, -0.1) is 0 Å². The van der Waals surface area contributed by atoms with Crippen LogP contribution in [-0.2, 0) is 13.2 Å². The summed E-state index contributed by atoms with van der Waals surface area (Å²) in [4.78, 5) is 0. The molecule has 3 nitrogen and oxygen atoms in total. The monoisotopic (exact) mass is 445 g/mol. The van der Waals surface area contributed by atoms with E-state index in [4.69, 9.17) is 21.1 Å². The first-order chi connectivity index (χ1) is 13.1. The number of aryl methyl sites for hydroxylation is 1. The third-order valence-electron chi connectivity index (χ3n) is 4.33. The zero-order chi connectivity index (χ0) is 19.2. The van der Waals surface area contributed by atoms with Crippen LogP contribution in [-0.4, -0.2) is 7.11 Å². The van der Waals surface area contributed by atoms with Gasteiger partial charge in [-0.05, 0) is 54.4 Å². The summed E-state index contributed by atoms with van der Waals surface area (Å²) in [6.07, 6.45) is 0. The van der Waals surface area contributed by atoms with Crippen molar-refractivity contribution >= 4 is 33.2 Å². The predicted molar refractivity (Wildman–Crippen MR) is 115 cm³/mol. The lowest BCUT2D eigenvalue weighted by Crippen LogP contribution is -2.06. The molecular formula is C22H21BrClNO2. The maximum absolute atomic E-state index is 6.20. The van der Waals surface area contributed by atoms with Crippen molar-refractivity contribution in [1.82, 2.24) is 0 Å². The molecule has 0 saturated carbocycles. The Hall–Kier alpha value is -2.17. The Balaban J connectivity index is 1.83. The van der Waals surface area contributed by atoms with Crippen molar-refractivity contribution in [3.63, 3.8) is 0 Å². The first-order valence-electron chi connectivity index (χ1n) is 8.60. The Morgan fingerprint density at radius 1 is 1.00 bits per heavy atom. The minimum Gasteiger partial charge on any atom is -0.493 e. The van der Waals surface area contributed by atoms with Gasteiger partial charge < -0.3 is 14.8 Å². The quantitative estimate of drug-likeness (QED) is 0.443. The summed E-state index contributed by atoms with van der Waals surface area (Å²) in [6.45, 7) is 3.15. The van der Waals surface area contributed by atoms with E-state index in [1.54, 1.807) is 7.11 Å². The lowest BCUT2D eigenvalue weighted by molar-refractivity contribution is 0.281. The van der Waals surface area contributed by atoms with Crippen LogP contribution in [0.5, 0.6) is 11.5 Å². The lowest BCUT2D eigenvalue weighted by atomic mass is 10.1. The van der Waals surface area contributed by atoms with Gasteiger partial charge in [-0.25, -0.2) is 0 Å². The molecule has 0 aromatic heterocycles. The van der Waals surface area contributed by atoms with E-state index in [0.717, 1.165) is 27.0 Å². The number of ether oxygens (including phenoxy) is 2. The highest BCUT2D eigenvalue weighted by Gasteiger charge is 2.15. The van der Waals surface area contributed by atoms with Crippen LogP contribution in [0.15, 0.2) is 65.1 Å². The molecule has 0 unspecified atom stereocenters. The van der Waals surface area contributed by atoms with Crippen molar-refractivity contribution in [3.8, 4) is 11.5 Å². The fourth-order valence-electron chi connectivity index (χ4n) is 2.75. The number of anilines is 1. The molecule has 0 amide bonds. The van der Waals surface area contributed by atoms with E-state index in [1.165, 1.54) is 5.56 Å². The van der Waals surface area contributed by atoms with Gasteiger partial charge in [0.2, 0.25) is 0 Å². The van der Waals surface area contributed by atoms with E-state index < -0.39 is 0 Å². The SMILES string of the molecule is COc1ccc(Br)c(CNc2ccc(Cl)cc2)c1OCc1ccccc1C. The van der Waals surface area contributed by atoms with Gasteiger partial charge in [0.15, 0.2) is 11.5 Å². The van der Waals surface area contributed by atoms with E-state index in [-0.39, 0.29) is 0 Å². The fourth-order valence-corrected chi connectivity index (χ4v) is 3.32. The molecule has 0 spiro atoms. The first-order valence-corrected chi connectivity index (χ1v) is 9.77. The van der Waals surface area contributed by atoms with Gasteiger partial charge in [0.1, 0.15) is 6.61 Å². The number of hydrogen-bond acceptors (Lipinski definition) is 3. The Labute approximate surface area is 173 Å². The number of nitrogens with one attached hydrogen (secondary N) is 1. The second-order valence-corrected chi connectivity index (χ2v) is 7.42. The summed E-state index contributed by atoms with van der Waals surface area (Å²) in [7, 11) is 1.65. The van der Waals surface area contributed by atoms with E-state index in [2.05, 4.69) is 40.3 Å². The van der Waals surface area contributed by atoms with E-state index in [0.29, 0.717) is 23.9 Å². The smallest absolute Gasteiger partial charge is 0.167 e. The summed E-state index contributed by atoms with van der Waals surface area (Å²) in [5, 5.41) is 4.12. The highest BCUT2D eigenvalue weighted by Crippen LogP contribution is 2.37. The molecule has 140 valence electrons. The van der Waals surface area contributed by atoms with Crippen LogP contribution in [0, 0.1) is 6.92 Å². The molecule has 0 radical (unpaired) electrons. The standard InChI is InChI=1S/C22H21BrClNO2/c1-15-5-3-4-6-16(15)14-27-22-19(20(23)11-12-21(22)26-2)13-25-18-9-7-17(24)8-10-18/h3-12,25H,13-14H2,1-2H3. The summed E-state index contributed by atoms with van der Waals surface area (Å²) in [5.41, 5.74) is 4.33. The summed E-state index contributed by atoms with van der Waals surface area (Å²) < 4.78 is 12.7. The topological polar surface area (TPSA) is 30.5 Å². The molecule has 0 atom stereocenters. The van der Waals surface area contributed by atoms with Crippen molar-refractivity contribution in [2.24, 2.45) is 0 Å². The van der Waals surface area contributed by atoms with E-state index >= 15 is 0 Å². The third kappa shape index (κ3) is 4.96. The first kappa shape index (κ1) is 19.6. The third-order valence-corrected chi connectivity index (χ3v) is 5.33. The summed E-state index contributed by atoms with van der Waals surface area (Å²) in [5.74, 6) is 1.44. The van der Waals surface area contributed by atoms with Gasteiger partial charge in [0, 0.05) is 27.3 Å². The average Bonchev–Trinajstić information content (AvgIpc) is 2.68. The number of halogens is 2. The molecule has 0 heterocycles. The van der Waals surface area contributed by atoms with Crippen LogP contribution >= 0.6 is 27.5 Å². The molecule has 5 heteroatoms. The van der Waals surface area contributed by atoms with E-state index in [1.807, 2.05) is 48.5 Å². The van der Waals surface area contributed by atoms with Crippen molar-refractivity contribution < 1.29 is 9.47 Å². The average molecular weight is 447 g/mol. The molecule has 0 saturated heterocycles. The second kappa shape index (κ2) is 9.16. The highest BCUT2D eigenvalue weighted by atomic mass is 79.9. The molecule has 0 aliphatic rings. The molecule has 1 N–H and O–H groups in total. The zero-order valence-electron chi connectivity index (χ0n) is 15.3. The fraction of sp³-hybridized carbons (Fsp3) is 0.182. The van der Waals surface area contributed by atoms with Gasteiger partial charge in [-0.2, -0.15) is 0 Å². The van der Waals surface area contributed by atoms with Gasteiger partial charge in [-0.3, -0.25) is 0 Å². The maximum atomic E-state index is 6.20. The Bertz CT molecular complexity index is 913. The van der Waals surface area contributed by atoms with Crippen molar-refractivity contribution in [3.05, 3.63) is 86.8 Å². The lowest BCUT2D eigenvalue weighted by Gasteiger charge is -2.18. The summed E-state index contributed by atoms with van der Waals surface area (Å²) >= 11 is 9.60. The molecule has 0 fully saturated rings. The second-order valence-electron chi connectivity index (χ2n) is 6.13. The largest absolute Gasteiger partial charge is 0.493 e. The van der Waals surface area contributed by atoms with Crippen LogP contribution in [0.4, 0.5) is 5.69 Å². The van der Waals surface area contributed by atoms with E-state index in [9.17, 15) is 0 Å². The van der Waals surface area contributed by atoms with Crippen LogP contribution in [0.3, 0.4) is 0 Å². The molecule has 0 aliphatic heterocycles. The van der Waals surface area contributed by atoms with Crippen molar-refractivity contribution in [1.29, 1.82) is 0 Å². The van der Waals surface area contributed by atoms with Crippen LogP contribution in [0.2, 0.25) is 5.02 Å². The molecule has 3 aromatic rings. The number of hydrogen-bond donors (Lipinski definition) is 1. The van der Waals surface area contributed by atoms with Crippen LogP contribution in [0.25, 0.3) is 0 Å². The number of benzene rings is 3. The maximum Gasteiger partial charge on any atom is 0.167 e. The van der Waals surface area contributed by atoms with Crippen molar-refractivity contribution in [2.45, 2.75) is 20.1 Å².